The van der Waals surface area contributed by atoms with Crippen molar-refractivity contribution in [3.05, 3.63) is 81.8 Å². The molecule has 0 aliphatic heterocycles. The molecule has 0 spiro atoms. The van der Waals surface area contributed by atoms with Crippen molar-refractivity contribution in [3.63, 3.8) is 0 Å². The highest BCUT2D eigenvalue weighted by atomic mass is 32.2. The molecule has 3 atom stereocenters. The zero-order chi connectivity index (χ0) is 28.4. The fourth-order valence-corrected chi connectivity index (χ4v) is 4.89. The molecule has 1 heterocycles. The molecule has 0 aliphatic rings. The minimum atomic E-state index is -4.32. The Hall–Kier alpha value is -3.49. The van der Waals surface area contributed by atoms with E-state index >= 15 is 0 Å². The molecule has 0 saturated carbocycles. The van der Waals surface area contributed by atoms with E-state index in [9.17, 15) is 27.0 Å². The second kappa shape index (κ2) is 14.1. The summed E-state index contributed by atoms with van der Waals surface area (Å²) < 4.78 is 65.1. The molecule has 3 rings (SSSR count). The highest BCUT2D eigenvalue weighted by molar-refractivity contribution is 7.80. The number of aromatic nitrogens is 1. The van der Waals surface area contributed by atoms with Crippen molar-refractivity contribution in [2.45, 2.75) is 43.9 Å². The molecule has 210 valence electrons. The van der Waals surface area contributed by atoms with Crippen LogP contribution in [0, 0.1) is 0 Å². The number of hydrogen-bond donors (Lipinski definition) is 4. The second-order valence-electron chi connectivity index (χ2n) is 8.48. The number of rotatable bonds is 12. The summed E-state index contributed by atoms with van der Waals surface area (Å²) in [5.74, 6) is -0.532. The molecule has 3 aromatic rings. The van der Waals surface area contributed by atoms with Gasteiger partial charge in [0, 0.05) is 23.9 Å². The van der Waals surface area contributed by atoms with Crippen molar-refractivity contribution in [2.75, 3.05) is 11.8 Å². The Morgan fingerprint density at radius 1 is 1.05 bits per heavy atom. The lowest BCUT2D eigenvalue weighted by atomic mass is 10.0. The van der Waals surface area contributed by atoms with Gasteiger partial charge in [0.25, 0.3) is 11.3 Å². The number of nitrogens with zero attached hydrogens (tertiary/aromatic N) is 1. The fraction of sp³-hybridized carbons (Fsp3) is 0.320. The molecule has 39 heavy (non-hydrogen) atoms. The van der Waals surface area contributed by atoms with E-state index < -0.39 is 47.9 Å². The molecule has 14 heteroatoms. The molecule has 2 aromatic carbocycles. The quantitative estimate of drug-likeness (QED) is 0.231. The van der Waals surface area contributed by atoms with Crippen molar-refractivity contribution >= 4 is 40.3 Å². The number of hydrogen-bond acceptors (Lipinski definition) is 6. The normalized spacial score (nSPS) is 13.7. The summed E-state index contributed by atoms with van der Waals surface area (Å²) in [5, 5.41) is 7.33. The maximum absolute atomic E-state index is 13.4. The standard InChI is InChI=1S/C25H27F3N4O5S2/c1-37-24(34)31-20(13-16-5-3-2-4-6-16)22(33)30-21(14-17-7-9-18(10-8-17)32-39(35)36)23-29-19(15-38-23)11-12-25(26,27)28/h2-10,15,20-21,32H,11-14H2,1H3,(H,30,33)(H,31,34)(H,35,36)/t20-,21-/m0/s1. The van der Waals surface area contributed by atoms with E-state index in [2.05, 4.69) is 25.1 Å². The van der Waals surface area contributed by atoms with Crippen LogP contribution < -0.4 is 15.4 Å². The number of amides is 2. The maximum Gasteiger partial charge on any atom is 0.407 e. The molecule has 2 amide bonds. The molecule has 1 unspecified atom stereocenters. The van der Waals surface area contributed by atoms with Crippen molar-refractivity contribution in [2.24, 2.45) is 0 Å². The van der Waals surface area contributed by atoms with Gasteiger partial charge in [0.05, 0.1) is 18.8 Å². The Bertz CT molecular complexity index is 1260. The summed E-state index contributed by atoms with van der Waals surface area (Å²) in [6, 6.07) is 13.8. The number of nitrogens with one attached hydrogen (secondary N) is 3. The first kappa shape index (κ1) is 30.1. The average Bonchev–Trinajstić information content (AvgIpc) is 3.37. The summed E-state index contributed by atoms with van der Waals surface area (Å²) in [4.78, 5) is 29.7. The van der Waals surface area contributed by atoms with Gasteiger partial charge in [-0.1, -0.05) is 42.5 Å². The average molecular weight is 585 g/mol. The molecule has 0 radical (unpaired) electrons. The van der Waals surface area contributed by atoms with Crippen LogP contribution in [-0.2, 0) is 40.1 Å². The Labute approximate surface area is 229 Å². The second-order valence-corrected chi connectivity index (χ2v) is 10.1. The van der Waals surface area contributed by atoms with Gasteiger partial charge in [-0.2, -0.15) is 13.2 Å². The van der Waals surface area contributed by atoms with Gasteiger partial charge in [-0.05, 0) is 36.1 Å². The largest absolute Gasteiger partial charge is 0.453 e. The summed E-state index contributed by atoms with van der Waals surface area (Å²) in [5.41, 5.74) is 2.17. The van der Waals surface area contributed by atoms with Gasteiger partial charge < -0.3 is 15.4 Å². The van der Waals surface area contributed by atoms with Gasteiger partial charge in [-0.3, -0.25) is 14.1 Å². The van der Waals surface area contributed by atoms with Crippen LogP contribution in [0.1, 0.15) is 34.3 Å². The van der Waals surface area contributed by atoms with E-state index in [1.165, 1.54) is 12.5 Å². The maximum atomic E-state index is 13.4. The van der Waals surface area contributed by atoms with Crippen LogP contribution in [0.4, 0.5) is 23.7 Å². The number of methoxy groups -OCH3 is 1. The topological polar surface area (TPSA) is 130 Å². The monoisotopic (exact) mass is 584 g/mol. The van der Waals surface area contributed by atoms with Gasteiger partial charge >= 0.3 is 12.3 Å². The van der Waals surface area contributed by atoms with Gasteiger partial charge in [0.15, 0.2) is 0 Å². The predicted octanol–water partition coefficient (Wildman–Crippen LogP) is 4.55. The number of thiazole rings is 1. The zero-order valence-electron chi connectivity index (χ0n) is 20.7. The van der Waals surface area contributed by atoms with Crippen LogP contribution in [0.15, 0.2) is 60.0 Å². The van der Waals surface area contributed by atoms with E-state index in [1.807, 2.05) is 6.07 Å². The molecule has 1 aromatic heterocycles. The van der Waals surface area contributed by atoms with Crippen LogP contribution in [0.25, 0.3) is 0 Å². The van der Waals surface area contributed by atoms with E-state index in [4.69, 9.17) is 4.55 Å². The number of anilines is 1. The van der Waals surface area contributed by atoms with Gasteiger partial charge in [-0.15, -0.1) is 11.3 Å². The summed E-state index contributed by atoms with van der Waals surface area (Å²) in [6.45, 7) is 0. The van der Waals surface area contributed by atoms with E-state index in [1.54, 1.807) is 48.5 Å². The number of aryl methyl sites for hydroxylation is 1. The predicted molar refractivity (Wildman–Crippen MR) is 141 cm³/mol. The number of ether oxygens (including phenoxy) is 1. The molecule has 0 aliphatic carbocycles. The van der Waals surface area contributed by atoms with Crippen molar-refractivity contribution in [1.82, 2.24) is 15.6 Å². The minimum absolute atomic E-state index is 0.169. The summed E-state index contributed by atoms with van der Waals surface area (Å²) in [6.07, 6.45) is -6.04. The highest BCUT2D eigenvalue weighted by Gasteiger charge is 2.29. The van der Waals surface area contributed by atoms with E-state index in [-0.39, 0.29) is 25.0 Å². The Balaban J connectivity index is 1.84. The van der Waals surface area contributed by atoms with Crippen molar-refractivity contribution in [3.8, 4) is 0 Å². The summed E-state index contributed by atoms with van der Waals surface area (Å²) in [7, 11) is 1.18. The first-order valence-electron chi connectivity index (χ1n) is 11.7. The molecule has 0 fully saturated rings. The molecule has 0 saturated heterocycles. The Morgan fingerprint density at radius 2 is 1.72 bits per heavy atom. The number of alkyl carbamates (subject to hydrolysis) is 1. The highest BCUT2D eigenvalue weighted by Crippen LogP contribution is 2.27. The van der Waals surface area contributed by atoms with Crippen LogP contribution >= 0.6 is 11.3 Å². The molecular formula is C25H27F3N4O5S2. The fourth-order valence-electron chi connectivity index (χ4n) is 3.65. The van der Waals surface area contributed by atoms with Crippen LogP contribution in [0.5, 0.6) is 0 Å². The minimum Gasteiger partial charge on any atom is -0.453 e. The molecular weight excluding hydrogens is 557 g/mol. The van der Waals surface area contributed by atoms with E-state index in [0.717, 1.165) is 22.5 Å². The van der Waals surface area contributed by atoms with E-state index in [0.29, 0.717) is 10.7 Å². The smallest absolute Gasteiger partial charge is 0.407 e. The number of alkyl halides is 3. The Kier molecular flexibility index (Phi) is 10.8. The van der Waals surface area contributed by atoms with Crippen LogP contribution in [0.2, 0.25) is 0 Å². The number of carbonyl (C=O) groups excluding carboxylic acids is 2. The third-order valence-electron chi connectivity index (χ3n) is 5.52. The van der Waals surface area contributed by atoms with Crippen molar-refractivity contribution < 1.29 is 36.3 Å². The van der Waals surface area contributed by atoms with Gasteiger partial charge in [0.1, 0.15) is 11.0 Å². The first-order valence-corrected chi connectivity index (χ1v) is 13.7. The third kappa shape index (κ3) is 10.3. The van der Waals surface area contributed by atoms with Crippen LogP contribution in [-0.4, -0.2) is 45.1 Å². The van der Waals surface area contributed by atoms with Crippen molar-refractivity contribution in [1.29, 1.82) is 0 Å². The van der Waals surface area contributed by atoms with Gasteiger partial charge in [-0.25, -0.2) is 14.0 Å². The lowest BCUT2D eigenvalue weighted by Gasteiger charge is -2.22. The molecule has 4 N–H and O–H groups in total. The van der Waals surface area contributed by atoms with Crippen LogP contribution in [0.3, 0.4) is 0 Å². The SMILES string of the molecule is COC(=O)N[C@@H](Cc1ccccc1)C(=O)N[C@@H](Cc1ccc(NS(=O)O)cc1)c1nc(CCC(F)(F)F)cs1. The Morgan fingerprint density at radius 3 is 2.33 bits per heavy atom. The summed E-state index contributed by atoms with van der Waals surface area (Å²) >= 11 is -1.12. The number of carbonyl (C=O) groups is 2. The third-order valence-corrected chi connectivity index (χ3v) is 6.94. The number of benzene rings is 2. The lowest BCUT2D eigenvalue weighted by molar-refractivity contribution is -0.134. The molecule has 9 nitrogen and oxygen atoms in total. The number of halogens is 3. The molecule has 0 bridgehead atoms. The van der Waals surface area contributed by atoms with Gasteiger partial charge in [0.2, 0.25) is 5.91 Å². The lowest BCUT2D eigenvalue weighted by Crippen LogP contribution is -2.49. The zero-order valence-corrected chi connectivity index (χ0v) is 22.4. The first-order chi connectivity index (χ1) is 18.5.